The van der Waals surface area contributed by atoms with Gasteiger partial charge in [0, 0.05) is 38.8 Å². The summed E-state index contributed by atoms with van der Waals surface area (Å²) < 4.78 is 11.4. The molecular weight excluding hydrogens is 388 g/mol. The van der Waals surface area contributed by atoms with Crippen molar-refractivity contribution in [3.8, 4) is 0 Å². The van der Waals surface area contributed by atoms with Crippen molar-refractivity contribution in [1.29, 1.82) is 0 Å². The van der Waals surface area contributed by atoms with Gasteiger partial charge in [-0.1, -0.05) is 54.6 Å². The molecule has 0 saturated carbocycles. The molecule has 0 unspecified atom stereocenters. The Morgan fingerprint density at radius 2 is 1.65 bits per heavy atom. The number of benzene rings is 2. The molecule has 0 amide bonds. The predicted octanol–water partition coefficient (Wildman–Crippen LogP) is 3.18. The zero-order valence-corrected chi connectivity index (χ0v) is 19.1. The summed E-state index contributed by atoms with van der Waals surface area (Å²) in [6, 6.07) is 18.7. The lowest BCUT2D eigenvalue weighted by molar-refractivity contribution is -0.00834. The SMILES string of the molecule is CN=C(NCc1ccccc1COCc1ccccc1)NCC(C)(C)N1CCOCC1. The summed E-state index contributed by atoms with van der Waals surface area (Å²) >= 11 is 0. The average molecular weight is 425 g/mol. The van der Waals surface area contributed by atoms with Crippen LogP contribution in [0.5, 0.6) is 0 Å². The standard InChI is InChI=1S/C25H36N4O2/c1-25(2,29-13-15-30-16-14-29)20-28-24(26-3)27-17-22-11-7-8-12-23(22)19-31-18-21-9-5-4-6-10-21/h4-12H,13-20H2,1-3H3,(H2,26,27,28). The number of ether oxygens (including phenoxy) is 2. The number of morpholine rings is 1. The number of hydrogen-bond acceptors (Lipinski definition) is 4. The van der Waals surface area contributed by atoms with E-state index in [4.69, 9.17) is 9.47 Å². The molecular formula is C25H36N4O2. The second-order valence-electron chi connectivity index (χ2n) is 8.44. The van der Waals surface area contributed by atoms with Crippen molar-refractivity contribution in [2.75, 3.05) is 39.9 Å². The third kappa shape index (κ3) is 7.35. The van der Waals surface area contributed by atoms with E-state index in [1.54, 1.807) is 0 Å². The summed E-state index contributed by atoms with van der Waals surface area (Å²) in [7, 11) is 1.81. The molecule has 2 N–H and O–H groups in total. The summed E-state index contributed by atoms with van der Waals surface area (Å²) in [5.41, 5.74) is 3.62. The molecule has 0 radical (unpaired) electrons. The largest absolute Gasteiger partial charge is 0.379 e. The molecule has 0 aromatic heterocycles. The van der Waals surface area contributed by atoms with E-state index in [1.807, 2.05) is 25.2 Å². The van der Waals surface area contributed by atoms with Gasteiger partial charge < -0.3 is 20.1 Å². The van der Waals surface area contributed by atoms with Gasteiger partial charge in [0.2, 0.25) is 0 Å². The van der Waals surface area contributed by atoms with Gasteiger partial charge in [-0.3, -0.25) is 9.89 Å². The number of guanidine groups is 1. The molecule has 0 spiro atoms. The van der Waals surface area contributed by atoms with Crippen molar-refractivity contribution in [2.24, 2.45) is 4.99 Å². The fourth-order valence-corrected chi connectivity index (χ4v) is 3.70. The van der Waals surface area contributed by atoms with Crippen LogP contribution >= 0.6 is 0 Å². The van der Waals surface area contributed by atoms with Crippen LogP contribution in [0.2, 0.25) is 0 Å². The minimum absolute atomic E-state index is 0.0323. The minimum atomic E-state index is 0.0323. The van der Waals surface area contributed by atoms with Crippen LogP contribution in [0.25, 0.3) is 0 Å². The molecule has 1 fully saturated rings. The fraction of sp³-hybridized carbons (Fsp3) is 0.480. The van der Waals surface area contributed by atoms with Crippen molar-refractivity contribution in [2.45, 2.75) is 39.1 Å². The van der Waals surface area contributed by atoms with Crippen molar-refractivity contribution in [1.82, 2.24) is 15.5 Å². The lowest BCUT2D eigenvalue weighted by Gasteiger charge is -2.41. The van der Waals surface area contributed by atoms with Gasteiger partial charge in [-0.25, -0.2) is 0 Å². The van der Waals surface area contributed by atoms with Gasteiger partial charge in [0.25, 0.3) is 0 Å². The van der Waals surface area contributed by atoms with E-state index in [1.165, 1.54) is 16.7 Å². The van der Waals surface area contributed by atoms with Gasteiger partial charge in [0.05, 0.1) is 26.4 Å². The Labute approximate surface area is 186 Å². The van der Waals surface area contributed by atoms with Gasteiger partial charge in [-0.05, 0) is 30.5 Å². The topological polar surface area (TPSA) is 58.1 Å². The molecule has 1 heterocycles. The second-order valence-corrected chi connectivity index (χ2v) is 8.44. The van der Waals surface area contributed by atoms with Crippen LogP contribution in [-0.4, -0.2) is 56.3 Å². The van der Waals surface area contributed by atoms with Gasteiger partial charge >= 0.3 is 0 Å². The summed E-state index contributed by atoms with van der Waals surface area (Å²) in [4.78, 5) is 6.87. The van der Waals surface area contributed by atoms with Crippen LogP contribution in [0.15, 0.2) is 59.6 Å². The Bertz CT molecular complexity index is 817. The Kier molecular flexibility index (Phi) is 8.88. The molecule has 3 rings (SSSR count). The Hall–Kier alpha value is -2.41. The first kappa shape index (κ1) is 23.3. The van der Waals surface area contributed by atoms with Crippen LogP contribution in [0, 0.1) is 0 Å². The van der Waals surface area contributed by atoms with E-state index in [9.17, 15) is 0 Å². The molecule has 2 aromatic rings. The molecule has 0 bridgehead atoms. The molecule has 1 aliphatic heterocycles. The van der Waals surface area contributed by atoms with Gasteiger partial charge in [0.1, 0.15) is 0 Å². The fourth-order valence-electron chi connectivity index (χ4n) is 3.70. The van der Waals surface area contributed by atoms with Gasteiger partial charge in [0.15, 0.2) is 5.96 Å². The Morgan fingerprint density at radius 1 is 0.968 bits per heavy atom. The second kappa shape index (κ2) is 11.8. The number of hydrogen-bond donors (Lipinski definition) is 2. The molecule has 168 valence electrons. The minimum Gasteiger partial charge on any atom is -0.379 e. The highest BCUT2D eigenvalue weighted by molar-refractivity contribution is 5.79. The zero-order chi connectivity index (χ0) is 21.9. The summed E-state index contributed by atoms with van der Waals surface area (Å²) in [6.07, 6.45) is 0. The number of aliphatic imine (C=N–C) groups is 1. The van der Waals surface area contributed by atoms with E-state index in [0.717, 1.165) is 38.8 Å². The monoisotopic (exact) mass is 424 g/mol. The molecule has 0 aliphatic carbocycles. The lowest BCUT2D eigenvalue weighted by Crippen LogP contribution is -2.56. The maximum atomic E-state index is 5.95. The smallest absolute Gasteiger partial charge is 0.191 e. The first-order chi connectivity index (χ1) is 15.1. The van der Waals surface area contributed by atoms with Crippen LogP contribution in [-0.2, 0) is 29.2 Å². The quantitative estimate of drug-likeness (QED) is 0.478. The Balaban J connectivity index is 1.48. The normalized spacial score (nSPS) is 15.6. The van der Waals surface area contributed by atoms with E-state index < -0.39 is 0 Å². The maximum absolute atomic E-state index is 5.95. The van der Waals surface area contributed by atoms with Crippen molar-refractivity contribution in [3.63, 3.8) is 0 Å². The van der Waals surface area contributed by atoms with Crippen LogP contribution in [0.3, 0.4) is 0 Å². The molecule has 31 heavy (non-hydrogen) atoms. The summed E-state index contributed by atoms with van der Waals surface area (Å²) in [5, 5.41) is 6.94. The van der Waals surface area contributed by atoms with Crippen LogP contribution in [0.1, 0.15) is 30.5 Å². The van der Waals surface area contributed by atoms with Crippen molar-refractivity contribution < 1.29 is 9.47 Å². The summed E-state index contributed by atoms with van der Waals surface area (Å²) in [5.74, 6) is 0.807. The maximum Gasteiger partial charge on any atom is 0.191 e. The molecule has 1 aliphatic rings. The van der Waals surface area contributed by atoms with Crippen molar-refractivity contribution >= 4 is 5.96 Å². The predicted molar refractivity (Wildman–Crippen MR) is 126 cm³/mol. The van der Waals surface area contributed by atoms with E-state index in [0.29, 0.717) is 19.8 Å². The third-order valence-corrected chi connectivity index (χ3v) is 5.71. The first-order valence-electron chi connectivity index (χ1n) is 11.0. The number of rotatable bonds is 9. The highest BCUT2D eigenvalue weighted by Gasteiger charge is 2.28. The molecule has 2 aromatic carbocycles. The molecule has 6 nitrogen and oxygen atoms in total. The lowest BCUT2D eigenvalue weighted by atomic mass is 10.0. The van der Waals surface area contributed by atoms with E-state index >= 15 is 0 Å². The zero-order valence-electron chi connectivity index (χ0n) is 19.1. The van der Waals surface area contributed by atoms with E-state index in [2.05, 4.69) is 70.8 Å². The Morgan fingerprint density at radius 3 is 2.35 bits per heavy atom. The number of nitrogens with zero attached hydrogens (tertiary/aromatic N) is 2. The number of nitrogens with one attached hydrogen (secondary N) is 2. The summed E-state index contributed by atoms with van der Waals surface area (Å²) in [6.45, 7) is 10.8. The van der Waals surface area contributed by atoms with Crippen LogP contribution in [0.4, 0.5) is 0 Å². The molecule has 6 heteroatoms. The average Bonchev–Trinajstić information content (AvgIpc) is 2.81. The van der Waals surface area contributed by atoms with Crippen molar-refractivity contribution in [3.05, 3.63) is 71.3 Å². The molecule has 1 saturated heterocycles. The van der Waals surface area contributed by atoms with Gasteiger partial charge in [-0.2, -0.15) is 0 Å². The third-order valence-electron chi connectivity index (χ3n) is 5.71. The van der Waals surface area contributed by atoms with Gasteiger partial charge in [-0.15, -0.1) is 0 Å². The first-order valence-corrected chi connectivity index (χ1v) is 11.0. The highest BCUT2D eigenvalue weighted by Crippen LogP contribution is 2.15. The molecule has 0 atom stereocenters. The van der Waals surface area contributed by atoms with E-state index in [-0.39, 0.29) is 5.54 Å². The van der Waals surface area contributed by atoms with Crippen LogP contribution < -0.4 is 10.6 Å². The highest BCUT2D eigenvalue weighted by atomic mass is 16.5.